The Morgan fingerprint density at radius 3 is 1.44 bits per heavy atom. The first-order valence-electron chi connectivity index (χ1n) is 10.7. The van der Waals surface area contributed by atoms with Gasteiger partial charge < -0.3 is 34.4 Å². The van der Waals surface area contributed by atoms with Crippen molar-refractivity contribution in [3.05, 3.63) is 30.1 Å². The third-order valence-electron chi connectivity index (χ3n) is 5.27. The Morgan fingerprint density at radius 2 is 1.10 bits per heavy atom. The Labute approximate surface area is 243 Å². The van der Waals surface area contributed by atoms with E-state index in [1.807, 2.05) is 0 Å². The summed E-state index contributed by atoms with van der Waals surface area (Å²) in [6, 6.07) is 8.38. The molecule has 6 N–H and O–H groups in total. The van der Waals surface area contributed by atoms with Crippen LogP contribution in [0.5, 0.6) is 0 Å². The fraction of sp³-hybridized carbons (Fsp3) is 0.632. The molecule has 1 aliphatic rings. The minimum Gasteiger partial charge on any atom is -0.741 e. The zero-order valence-electron chi connectivity index (χ0n) is 22.0. The molecule has 1 saturated heterocycles. The van der Waals surface area contributed by atoms with Crippen LogP contribution in [-0.2, 0) is 61.8 Å². The molecule has 0 atom stereocenters. The summed E-state index contributed by atoms with van der Waals surface area (Å²) in [7, 11) is -5.63. The van der Waals surface area contributed by atoms with Crippen LogP contribution < -0.4 is 0 Å². The van der Waals surface area contributed by atoms with Crippen molar-refractivity contribution in [2.24, 2.45) is 7.05 Å². The van der Waals surface area contributed by atoms with Gasteiger partial charge in [0.15, 0.2) is 20.2 Å². The van der Waals surface area contributed by atoms with Gasteiger partial charge in [-0.2, -0.15) is 26.3 Å². The first kappa shape index (κ1) is 43.9. The van der Waals surface area contributed by atoms with E-state index in [2.05, 4.69) is 64.7 Å². The van der Waals surface area contributed by atoms with Gasteiger partial charge in [-0.3, -0.25) is 4.90 Å². The second kappa shape index (κ2) is 17.5. The van der Waals surface area contributed by atoms with E-state index in [-0.39, 0.29) is 28.0 Å². The van der Waals surface area contributed by atoms with Crippen molar-refractivity contribution in [3.8, 4) is 0 Å². The molecule has 13 nitrogen and oxygen atoms in total. The van der Waals surface area contributed by atoms with E-state index < -0.39 is 31.3 Å². The van der Waals surface area contributed by atoms with E-state index in [0.717, 1.165) is 57.2 Å². The van der Waals surface area contributed by atoms with Crippen molar-refractivity contribution in [1.82, 2.24) is 24.3 Å². The van der Waals surface area contributed by atoms with Gasteiger partial charge in [-0.05, 0) is 26.2 Å². The minimum atomic E-state index is -6.09. The monoisotopic (exact) mass is 693 g/mol. The molecule has 0 aliphatic carbocycles. The fourth-order valence-electron chi connectivity index (χ4n) is 3.00. The van der Waals surface area contributed by atoms with Gasteiger partial charge in [-0.1, -0.05) is 12.1 Å². The Balaban J connectivity index is -0.000000641. The molecule has 239 valence electrons. The topological polar surface area (TPSA) is 208 Å². The summed E-state index contributed by atoms with van der Waals surface area (Å²) in [6.45, 7) is 7.68. The maximum Gasteiger partial charge on any atom is 5.00 e. The van der Waals surface area contributed by atoms with E-state index in [4.69, 9.17) is 30.9 Å². The van der Waals surface area contributed by atoms with Crippen LogP contribution in [0.15, 0.2) is 24.3 Å². The van der Waals surface area contributed by atoms with Crippen molar-refractivity contribution in [1.29, 1.82) is 0 Å². The van der Waals surface area contributed by atoms with Crippen LogP contribution in [0.25, 0.3) is 11.0 Å². The standard InChI is InChI=1S/C17H27N5.2CHF3O3S.Fe.2H2O/c1-19-8-9-20(2)11-13-22(12-10-19)14-17-18-15-6-4-5-7-16(15)21(17)3;2*2-1(3,4)8(5,6)7;;;/h4-7H,8-14H2,1-3H3;2*(H,5,6,7);;2*1H2/q;;;+5;;. The number of aromatic nitrogens is 2. The molecule has 1 aromatic heterocycles. The van der Waals surface area contributed by atoms with Crippen LogP contribution in [0.1, 0.15) is 5.82 Å². The number of likely N-dealkylation sites (N-methyl/N-ethyl adjacent to an activating group) is 2. The summed E-state index contributed by atoms with van der Waals surface area (Å²) in [4.78, 5) is 12.2. The molecule has 2 aromatic rings. The molecule has 22 heteroatoms. The molecule has 0 amide bonds. The predicted molar refractivity (Wildman–Crippen MR) is 132 cm³/mol. The average Bonchev–Trinajstić information content (AvgIpc) is 3.10. The van der Waals surface area contributed by atoms with Gasteiger partial charge in [0, 0.05) is 46.3 Å². The summed E-state index contributed by atoms with van der Waals surface area (Å²) >= 11 is 0. The summed E-state index contributed by atoms with van der Waals surface area (Å²) in [6.07, 6.45) is 0. The summed E-state index contributed by atoms with van der Waals surface area (Å²) < 4.78 is 120. The van der Waals surface area contributed by atoms with Crippen LogP contribution in [0.2, 0.25) is 0 Å². The average molecular weight is 693 g/mol. The molecule has 0 unspecified atom stereocenters. The van der Waals surface area contributed by atoms with Crippen LogP contribution in [0, 0.1) is 0 Å². The zero-order valence-corrected chi connectivity index (χ0v) is 24.8. The largest absolute Gasteiger partial charge is 5.00 e. The SMILES string of the molecule is CN1CCN(C)CCN(Cc2nc3ccccc3n2C)CC1.O=S(=O)([O-])C(F)(F)F.O=S(=O)([O-])C(F)(F)F.[Fe+5].[OH3+].[OH3+]. The first-order chi connectivity index (χ1) is 17.1. The molecule has 1 aromatic carbocycles. The Morgan fingerprint density at radius 1 is 0.756 bits per heavy atom. The molecule has 1 fully saturated rings. The molecule has 1 radical (unpaired) electrons. The van der Waals surface area contributed by atoms with Crippen molar-refractivity contribution in [2.45, 2.75) is 17.6 Å². The predicted octanol–water partition coefficient (Wildman–Crippen LogP) is -0.491. The molecule has 1 aliphatic heterocycles. The zero-order chi connectivity index (χ0) is 29.5. The van der Waals surface area contributed by atoms with Gasteiger partial charge in [-0.15, -0.1) is 0 Å². The fourth-order valence-corrected chi connectivity index (χ4v) is 3.00. The third-order valence-corrected chi connectivity index (χ3v) is 6.40. The van der Waals surface area contributed by atoms with Crippen LogP contribution in [0.4, 0.5) is 26.3 Å². The summed E-state index contributed by atoms with van der Waals surface area (Å²) in [5, 5.41) is 0. The van der Waals surface area contributed by atoms with Crippen molar-refractivity contribution < 1.29 is 80.3 Å². The number of fused-ring (bicyclic) bond motifs is 1. The Hall–Kier alpha value is -1.59. The minimum absolute atomic E-state index is 0. The molecule has 41 heavy (non-hydrogen) atoms. The molecule has 0 saturated carbocycles. The van der Waals surface area contributed by atoms with E-state index in [1.165, 1.54) is 5.52 Å². The number of nitrogens with zero attached hydrogens (tertiary/aromatic N) is 5. The van der Waals surface area contributed by atoms with Crippen molar-refractivity contribution >= 4 is 31.3 Å². The maximum absolute atomic E-state index is 10.7. The number of rotatable bonds is 2. The van der Waals surface area contributed by atoms with Gasteiger partial charge >= 0.3 is 28.1 Å². The van der Waals surface area contributed by atoms with Gasteiger partial charge in [0.05, 0.1) is 17.6 Å². The first-order valence-corrected chi connectivity index (χ1v) is 13.5. The van der Waals surface area contributed by atoms with Crippen LogP contribution in [0.3, 0.4) is 0 Å². The van der Waals surface area contributed by atoms with Crippen LogP contribution >= 0.6 is 0 Å². The second-order valence-corrected chi connectivity index (χ2v) is 11.0. The number of para-hydroxylation sites is 2. The third kappa shape index (κ3) is 14.9. The summed E-state index contributed by atoms with van der Waals surface area (Å²) in [5.74, 6) is 1.16. The number of hydrogen-bond acceptors (Lipinski definition) is 10. The van der Waals surface area contributed by atoms with Gasteiger partial charge in [-0.25, -0.2) is 21.8 Å². The molecule has 0 bridgehead atoms. The van der Waals surface area contributed by atoms with E-state index >= 15 is 0 Å². The van der Waals surface area contributed by atoms with Gasteiger partial charge in [0.2, 0.25) is 0 Å². The number of hydrogen-bond donors (Lipinski definition) is 0. The van der Waals surface area contributed by atoms with Crippen molar-refractivity contribution in [2.75, 3.05) is 53.4 Å². The molecular weight excluding hydrogens is 660 g/mol. The van der Waals surface area contributed by atoms with Crippen molar-refractivity contribution in [3.63, 3.8) is 0 Å². The van der Waals surface area contributed by atoms with Gasteiger partial charge in [0.25, 0.3) is 0 Å². The molecule has 3 rings (SSSR count). The van der Waals surface area contributed by atoms with E-state index in [1.54, 1.807) is 0 Å². The smallest absolute Gasteiger partial charge is 0.741 e. The molecule has 0 spiro atoms. The number of imidazole rings is 1. The number of halogens is 6. The number of aryl methyl sites for hydroxylation is 1. The van der Waals surface area contributed by atoms with E-state index in [0.29, 0.717) is 0 Å². The number of benzene rings is 1. The van der Waals surface area contributed by atoms with Crippen LogP contribution in [-0.4, -0.2) is 115 Å². The maximum atomic E-state index is 10.7. The Bertz CT molecular complexity index is 1210. The quantitative estimate of drug-likeness (QED) is 0.130. The Kier molecular flexibility index (Phi) is 18.7. The molecular formula is C19H33F6FeN5O8S2+5. The normalized spacial score (nSPS) is 16.2. The van der Waals surface area contributed by atoms with E-state index in [9.17, 15) is 26.3 Å². The summed E-state index contributed by atoms with van der Waals surface area (Å²) in [5.41, 5.74) is -8.98. The molecule has 2 heterocycles. The van der Waals surface area contributed by atoms with Gasteiger partial charge in [0.1, 0.15) is 5.82 Å². The number of alkyl halides is 6. The second-order valence-electron chi connectivity index (χ2n) is 8.26.